The predicted octanol–water partition coefficient (Wildman–Crippen LogP) is 4.06. The van der Waals surface area contributed by atoms with Crippen molar-refractivity contribution >= 4 is 29.0 Å². The van der Waals surface area contributed by atoms with Crippen molar-refractivity contribution in [2.75, 3.05) is 25.4 Å². The average Bonchev–Trinajstić information content (AvgIpc) is 3.34. The number of aryl methyl sites for hydroxylation is 3. The van der Waals surface area contributed by atoms with Crippen molar-refractivity contribution in [1.29, 1.82) is 0 Å². The molecule has 1 N–H and O–H groups in total. The van der Waals surface area contributed by atoms with Gasteiger partial charge in [0.1, 0.15) is 0 Å². The van der Waals surface area contributed by atoms with Gasteiger partial charge in [-0.1, -0.05) is 6.07 Å². The van der Waals surface area contributed by atoms with E-state index in [9.17, 15) is 4.79 Å². The van der Waals surface area contributed by atoms with Gasteiger partial charge in [-0.2, -0.15) is 0 Å². The number of aromatic nitrogens is 1. The Labute approximate surface area is 176 Å². The van der Waals surface area contributed by atoms with E-state index in [1.54, 1.807) is 23.1 Å². The first-order valence-electron chi connectivity index (χ1n) is 10.3. The standard InChI is InChI=1S/C22H29N3OS2/c1-16-24-20(14-27-16)13-25-9-7-17(8-10-25)12-23-22(26)15-28-21-6-5-18-3-2-4-19(18)11-21/h5-6,11,14,17H,2-4,7-10,12-13,15H2,1H3,(H,23,26). The first-order valence-corrected chi connectivity index (χ1v) is 12.2. The van der Waals surface area contributed by atoms with E-state index in [1.165, 1.54) is 41.0 Å². The van der Waals surface area contributed by atoms with Crippen LogP contribution < -0.4 is 5.32 Å². The van der Waals surface area contributed by atoms with E-state index in [0.29, 0.717) is 11.7 Å². The minimum absolute atomic E-state index is 0.158. The Balaban J connectivity index is 1.14. The third-order valence-corrected chi connectivity index (χ3v) is 7.60. The van der Waals surface area contributed by atoms with E-state index in [1.807, 2.05) is 0 Å². The van der Waals surface area contributed by atoms with Crippen LogP contribution in [0.1, 0.15) is 41.1 Å². The molecule has 2 heterocycles. The Morgan fingerprint density at radius 1 is 1.29 bits per heavy atom. The quantitative estimate of drug-likeness (QED) is 0.693. The summed E-state index contributed by atoms with van der Waals surface area (Å²) in [5, 5.41) is 6.46. The maximum absolute atomic E-state index is 12.3. The van der Waals surface area contributed by atoms with Gasteiger partial charge in [-0.3, -0.25) is 9.69 Å². The van der Waals surface area contributed by atoms with E-state index >= 15 is 0 Å². The fraction of sp³-hybridized carbons (Fsp3) is 0.545. The highest BCUT2D eigenvalue weighted by Gasteiger charge is 2.20. The van der Waals surface area contributed by atoms with Crippen LogP contribution in [0.4, 0.5) is 0 Å². The van der Waals surface area contributed by atoms with Crippen LogP contribution >= 0.6 is 23.1 Å². The Morgan fingerprint density at radius 2 is 2.11 bits per heavy atom. The number of nitrogens with one attached hydrogen (secondary N) is 1. The molecule has 1 saturated heterocycles. The number of thiazole rings is 1. The second kappa shape index (κ2) is 9.42. The van der Waals surface area contributed by atoms with Gasteiger partial charge in [0, 0.05) is 23.4 Å². The number of amides is 1. The van der Waals surface area contributed by atoms with Gasteiger partial charge in [0.15, 0.2) is 0 Å². The molecule has 4 rings (SSSR count). The second-order valence-electron chi connectivity index (χ2n) is 7.95. The SMILES string of the molecule is Cc1nc(CN2CCC(CNC(=O)CSc3ccc4c(c3)CCC4)CC2)cs1. The number of fused-ring (bicyclic) bond motifs is 1. The Morgan fingerprint density at radius 3 is 2.89 bits per heavy atom. The number of likely N-dealkylation sites (tertiary alicyclic amines) is 1. The van der Waals surface area contributed by atoms with Crippen LogP contribution in [0.3, 0.4) is 0 Å². The van der Waals surface area contributed by atoms with Crippen LogP contribution in [-0.2, 0) is 24.2 Å². The molecular weight excluding hydrogens is 386 g/mol. The van der Waals surface area contributed by atoms with Crippen LogP contribution in [0.15, 0.2) is 28.5 Å². The summed E-state index contributed by atoms with van der Waals surface area (Å²) in [6.45, 7) is 6.03. The van der Waals surface area contributed by atoms with Crippen LogP contribution in [-0.4, -0.2) is 41.2 Å². The summed E-state index contributed by atoms with van der Waals surface area (Å²) in [4.78, 5) is 20.5. The first-order chi connectivity index (χ1) is 13.7. The van der Waals surface area contributed by atoms with Gasteiger partial charge in [0.05, 0.1) is 16.5 Å². The smallest absolute Gasteiger partial charge is 0.230 e. The zero-order chi connectivity index (χ0) is 19.3. The molecule has 6 heteroatoms. The highest BCUT2D eigenvalue weighted by Crippen LogP contribution is 2.27. The van der Waals surface area contributed by atoms with Crippen LogP contribution in [0, 0.1) is 12.8 Å². The van der Waals surface area contributed by atoms with Gasteiger partial charge >= 0.3 is 0 Å². The number of carbonyl (C=O) groups is 1. The molecule has 1 fully saturated rings. The lowest BCUT2D eigenvalue weighted by molar-refractivity contribution is -0.118. The summed E-state index contributed by atoms with van der Waals surface area (Å²) >= 11 is 3.38. The third kappa shape index (κ3) is 5.37. The summed E-state index contributed by atoms with van der Waals surface area (Å²) in [6.07, 6.45) is 5.98. The molecule has 1 amide bonds. The van der Waals surface area contributed by atoms with Crippen molar-refractivity contribution in [1.82, 2.24) is 15.2 Å². The molecule has 2 aromatic rings. The molecule has 28 heavy (non-hydrogen) atoms. The molecule has 1 aliphatic carbocycles. The molecule has 0 atom stereocenters. The molecule has 1 aromatic carbocycles. The number of hydrogen-bond donors (Lipinski definition) is 1. The molecule has 4 nitrogen and oxygen atoms in total. The molecule has 0 saturated carbocycles. The number of carbonyl (C=O) groups excluding carboxylic acids is 1. The number of hydrogen-bond acceptors (Lipinski definition) is 5. The third-order valence-electron chi connectivity index (χ3n) is 5.79. The normalized spacial score (nSPS) is 17.6. The molecule has 0 unspecified atom stereocenters. The number of piperidine rings is 1. The number of rotatable bonds is 7. The Bertz CT molecular complexity index is 812. The molecule has 1 aliphatic heterocycles. The van der Waals surface area contributed by atoms with E-state index in [0.717, 1.165) is 44.0 Å². The van der Waals surface area contributed by atoms with Crippen molar-refractivity contribution < 1.29 is 4.79 Å². The van der Waals surface area contributed by atoms with Crippen molar-refractivity contribution in [3.05, 3.63) is 45.4 Å². The maximum atomic E-state index is 12.3. The lowest BCUT2D eigenvalue weighted by Gasteiger charge is -2.31. The minimum Gasteiger partial charge on any atom is -0.355 e. The molecule has 2 aliphatic rings. The van der Waals surface area contributed by atoms with Gasteiger partial charge < -0.3 is 5.32 Å². The van der Waals surface area contributed by atoms with E-state index in [2.05, 4.69) is 45.7 Å². The monoisotopic (exact) mass is 415 g/mol. The van der Waals surface area contributed by atoms with Crippen molar-refractivity contribution in [3.8, 4) is 0 Å². The molecule has 0 spiro atoms. The number of benzene rings is 1. The van der Waals surface area contributed by atoms with Crippen molar-refractivity contribution in [2.45, 2.75) is 50.5 Å². The van der Waals surface area contributed by atoms with Crippen molar-refractivity contribution in [2.24, 2.45) is 5.92 Å². The minimum atomic E-state index is 0.158. The van der Waals surface area contributed by atoms with Gasteiger partial charge in [-0.05, 0) is 81.3 Å². The Kier molecular flexibility index (Phi) is 6.70. The zero-order valence-electron chi connectivity index (χ0n) is 16.6. The van der Waals surface area contributed by atoms with Gasteiger partial charge in [0.2, 0.25) is 5.91 Å². The van der Waals surface area contributed by atoms with Gasteiger partial charge in [0.25, 0.3) is 0 Å². The van der Waals surface area contributed by atoms with Crippen LogP contribution in [0.2, 0.25) is 0 Å². The fourth-order valence-electron chi connectivity index (χ4n) is 4.15. The first kappa shape index (κ1) is 19.9. The average molecular weight is 416 g/mol. The lowest BCUT2D eigenvalue weighted by Crippen LogP contribution is -2.38. The summed E-state index contributed by atoms with van der Waals surface area (Å²) in [5.74, 6) is 1.27. The van der Waals surface area contributed by atoms with E-state index < -0.39 is 0 Å². The summed E-state index contributed by atoms with van der Waals surface area (Å²) in [6, 6.07) is 6.69. The largest absolute Gasteiger partial charge is 0.355 e. The fourth-order valence-corrected chi connectivity index (χ4v) is 5.55. The van der Waals surface area contributed by atoms with Crippen LogP contribution in [0.5, 0.6) is 0 Å². The summed E-state index contributed by atoms with van der Waals surface area (Å²) in [7, 11) is 0. The topological polar surface area (TPSA) is 45.2 Å². The van der Waals surface area contributed by atoms with E-state index in [-0.39, 0.29) is 5.91 Å². The highest BCUT2D eigenvalue weighted by molar-refractivity contribution is 8.00. The predicted molar refractivity (Wildman–Crippen MR) is 117 cm³/mol. The lowest BCUT2D eigenvalue weighted by atomic mass is 9.97. The molecule has 0 bridgehead atoms. The number of nitrogens with zero attached hydrogens (tertiary/aromatic N) is 2. The maximum Gasteiger partial charge on any atom is 0.230 e. The number of thioether (sulfide) groups is 1. The highest BCUT2D eigenvalue weighted by atomic mass is 32.2. The molecular formula is C22H29N3OS2. The second-order valence-corrected chi connectivity index (χ2v) is 10.1. The van der Waals surface area contributed by atoms with Gasteiger partial charge in [-0.25, -0.2) is 4.98 Å². The summed E-state index contributed by atoms with van der Waals surface area (Å²) < 4.78 is 0. The van der Waals surface area contributed by atoms with Crippen molar-refractivity contribution in [3.63, 3.8) is 0 Å². The summed E-state index contributed by atoms with van der Waals surface area (Å²) in [5.41, 5.74) is 4.16. The zero-order valence-corrected chi connectivity index (χ0v) is 18.2. The van der Waals surface area contributed by atoms with Gasteiger partial charge in [-0.15, -0.1) is 23.1 Å². The molecule has 150 valence electrons. The Hall–Kier alpha value is -1.37. The molecule has 0 radical (unpaired) electrons. The van der Waals surface area contributed by atoms with E-state index in [4.69, 9.17) is 0 Å². The molecule has 1 aromatic heterocycles. The van der Waals surface area contributed by atoms with Crippen LogP contribution in [0.25, 0.3) is 0 Å².